The first kappa shape index (κ1) is 12.9. The van der Waals surface area contributed by atoms with Gasteiger partial charge in [0.1, 0.15) is 11.3 Å². The maximum absolute atomic E-state index is 13.6. The first-order valence-electron chi connectivity index (χ1n) is 5.66. The summed E-state index contributed by atoms with van der Waals surface area (Å²) in [5.41, 5.74) is 1.06. The van der Waals surface area contributed by atoms with Gasteiger partial charge in [-0.3, -0.25) is 4.98 Å². The molecule has 0 atom stereocenters. The molecule has 100 valence electrons. The van der Waals surface area contributed by atoms with Crippen molar-refractivity contribution in [3.8, 4) is 11.5 Å². The summed E-state index contributed by atoms with van der Waals surface area (Å²) < 4.78 is 32.9. The Hall–Kier alpha value is -2.08. The van der Waals surface area contributed by atoms with E-state index in [0.717, 1.165) is 22.7 Å². The van der Waals surface area contributed by atoms with Gasteiger partial charge in [0.05, 0.1) is 5.52 Å². The van der Waals surface area contributed by atoms with Crippen molar-refractivity contribution in [2.24, 2.45) is 0 Å². The number of hydrogen-bond acceptors (Lipinski definition) is 3. The number of benzene rings is 1. The number of hydrogen-bond donors (Lipinski definition) is 0. The van der Waals surface area contributed by atoms with Crippen LogP contribution in [0.3, 0.4) is 0 Å². The largest absolute Gasteiger partial charge is 0.452 e. The Balaban J connectivity index is 2.09. The molecule has 3 rings (SSSR count). The van der Waals surface area contributed by atoms with Crippen molar-refractivity contribution in [3.63, 3.8) is 0 Å². The number of nitrogens with zero attached hydrogens (tertiary/aromatic N) is 2. The lowest BCUT2D eigenvalue weighted by molar-refractivity contribution is 0.439. The average molecular weight is 337 g/mol. The highest BCUT2D eigenvalue weighted by Gasteiger charge is 2.10. The molecular formula is C14H7BrF2N2O. The Morgan fingerprint density at radius 1 is 1.00 bits per heavy atom. The van der Waals surface area contributed by atoms with Crippen molar-refractivity contribution in [3.05, 3.63) is 58.8 Å². The smallest absolute Gasteiger partial charge is 0.166 e. The van der Waals surface area contributed by atoms with Crippen molar-refractivity contribution in [2.45, 2.75) is 0 Å². The van der Waals surface area contributed by atoms with Crippen molar-refractivity contribution < 1.29 is 13.5 Å². The van der Waals surface area contributed by atoms with Crippen LogP contribution in [-0.4, -0.2) is 9.97 Å². The molecule has 0 fully saturated rings. The van der Waals surface area contributed by atoms with Gasteiger partial charge in [-0.15, -0.1) is 0 Å². The van der Waals surface area contributed by atoms with Crippen LogP contribution in [0.5, 0.6) is 11.5 Å². The van der Waals surface area contributed by atoms with Crippen molar-refractivity contribution in [2.75, 3.05) is 0 Å². The average Bonchev–Trinajstić information content (AvgIpc) is 2.43. The van der Waals surface area contributed by atoms with Crippen LogP contribution in [0.4, 0.5) is 8.78 Å². The number of fused-ring (bicyclic) bond motifs is 1. The first-order chi connectivity index (χ1) is 9.63. The van der Waals surface area contributed by atoms with Crippen molar-refractivity contribution in [1.29, 1.82) is 0 Å². The summed E-state index contributed by atoms with van der Waals surface area (Å²) in [5.74, 6) is -1.10. The van der Waals surface area contributed by atoms with Crippen molar-refractivity contribution in [1.82, 2.24) is 9.97 Å². The molecule has 2 heterocycles. The molecule has 20 heavy (non-hydrogen) atoms. The van der Waals surface area contributed by atoms with E-state index < -0.39 is 11.6 Å². The molecule has 3 nitrogen and oxygen atoms in total. The fourth-order valence-corrected chi connectivity index (χ4v) is 2.06. The molecule has 0 N–H and O–H groups in total. The second-order valence-corrected chi connectivity index (χ2v) is 4.92. The molecule has 2 aromatic heterocycles. The molecule has 0 radical (unpaired) electrons. The fourth-order valence-electron chi connectivity index (χ4n) is 1.74. The van der Waals surface area contributed by atoms with Crippen LogP contribution in [0.15, 0.2) is 47.2 Å². The van der Waals surface area contributed by atoms with E-state index in [0.29, 0.717) is 16.8 Å². The van der Waals surface area contributed by atoms with Crippen LogP contribution >= 0.6 is 15.9 Å². The van der Waals surface area contributed by atoms with E-state index in [9.17, 15) is 8.78 Å². The summed E-state index contributed by atoms with van der Waals surface area (Å²) in [6.45, 7) is 0. The molecule has 1 aromatic carbocycles. The lowest BCUT2D eigenvalue weighted by atomic mass is 10.3. The summed E-state index contributed by atoms with van der Waals surface area (Å²) in [6, 6.07) is 6.34. The Kier molecular flexibility index (Phi) is 3.31. The minimum atomic E-state index is -0.645. The Morgan fingerprint density at radius 3 is 2.70 bits per heavy atom. The van der Waals surface area contributed by atoms with Crippen molar-refractivity contribution >= 4 is 27.0 Å². The molecule has 6 heteroatoms. The monoisotopic (exact) mass is 336 g/mol. The highest BCUT2D eigenvalue weighted by atomic mass is 79.9. The van der Waals surface area contributed by atoms with E-state index in [-0.39, 0.29) is 5.75 Å². The van der Waals surface area contributed by atoms with Crippen LogP contribution < -0.4 is 4.74 Å². The summed E-state index contributed by atoms with van der Waals surface area (Å²) in [6.07, 6.45) is 3.10. The Bertz CT molecular complexity index is 795. The summed E-state index contributed by atoms with van der Waals surface area (Å²) in [7, 11) is 0. The molecule has 0 aliphatic rings. The van der Waals surface area contributed by atoms with E-state index in [2.05, 4.69) is 25.9 Å². The van der Waals surface area contributed by atoms with E-state index in [1.807, 2.05) is 0 Å². The molecule has 0 aliphatic heterocycles. The molecule has 0 saturated carbocycles. The molecule has 0 unspecified atom stereocenters. The molecule has 3 aromatic rings. The predicted octanol–water partition coefficient (Wildman–Crippen LogP) is 4.46. The van der Waals surface area contributed by atoms with Gasteiger partial charge in [0, 0.05) is 29.0 Å². The highest BCUT2D eigenvalue weighted by Crippen LogP contribution is 2.30. The highest BCUT2D eigenvalue weighted by molar-refractivity contribution is 9.10. The van der Waals surface area contributed by atoms with Gasteiger partial charge in [0.15, 0.2) is 17.3 Å². The maximum atomic E-state index is 13.6. The zero-order valence-corrected chi connectivity index (χ0v) is 11.6. The molecule has 0 amide bonds. The third-order valence-corrected chi connectivity index (χ3v) is 3.05. The maximum Gasteiger partial charge on any atom is 0.166 e. The van der Waals surface area contributed by atoms with Crippen LogP contribution in [0.25, 0.3) is 11.0 Å². The fraction of sp³-hybridized carbons (Fsp3) is 0. The summed E-state index contributed by atoms with van der Waals surface area (Å²) in [4.78, 5) is 8.32. The molecular weight excluding hydrogens is 330 g/mol. The van der Waals surface area contributed by atoms with E-state index >= 15 is 0 Å². The molecule has 0 saturated heterocycles. The van der Waals surface area contributed by atoms with E-state index in [1.54, 1.807) is 18.3 Å². The minimum Gasteiger partial charge on any atom is -0.452 e. The van der Waals surface area contributed by atoms with Gasteiger partial charge in [-0.25, -0.2) is 13.8 Å². The van der Waals surface area contributed by atoms with Gasteiger partial charge in [0.2, 0.25) is 0 Å². The predicted molar refractivity (Wildman–Crippen MR) is 73.7 cm³/mol. The van der Waals surface area contributed by atoms with Gasteiger partial charge in [0.25, 0.3) is 0 Å². The molecule has 0 bridgehead atoms. The molecule has 0 spiro atoms. The topological polar surface area (TPSA) is 35.0 Å². The van der Waals surface area contributed by atoms with Gasteiger partial charge < -0.3 is 4.74 Å². The van der Waals surface area contributed by atoms with Gasteiger partial charge in [-0.1, -0.05) is 0 Å². The number of aromatic nitrogens is 2. The lowest BCUT2D eigenvalue weighted by Gasteiger charge is -2.08. The van der Waals surface area contributed by atoms with E-state index in [4.69, 9.17) is 4.74 Å². The number of rotatable bonds is 2. The normalized spacial score (nSPS) is 10.8. The summed E-state index contributed by atoms with van der Waals surface area (Å²) >= 11 is 3.29. The number of ether oxygens (including phenoxy) is 1. The first-order valence-corrected chi connectivity index (χ1v) is 6.46. The van der Waals surface area contributed by atoms with Gasteiger partial charge in [-0.2, -0.15) is 0 Å². The SMILES string of the molecule is Fc1ccc(F)c(Oc2ccnc3cc(Br)cnc23)c1. The number of halogens is 3. The number of pyridine rings is 2. The third-order valence-electron chi connectivity index (χ3n) is 2.62. The lowest BCUT2D eigenvalue weighted by Crippen LogP contribution is -1.93. The van der Waals surface area contributed by atoms with Crippen LogP contribution in [-0.2, 0) is 0 Å². The standard InChI is InChI=1S/C14H7BrF2N2O/c15-8-5-11-14(19-7-8)12(3-4-18-11)20-13-6-9(16)1-2-10(13)17/h1-7H. The molecule has 0 aliphatic carbocycles. The van der Waals surface area contributed by atoms with Gasteiger partial charge in [-0.05, 0) is 34.1 Å². The zero-order chi connectivity index (χ0) is 14.1. The van der Waals surface area contributed by atoms with Gasteiger partial charge >= 0.3 is 0 Å². The van der Waals surface area contributed by atoms with Crippen LogP contribution in [0.1, 0.15) is 0 Å². The Labute approximate surface area is 121 Å². The summed E-state index contributed by atoms with van der Waals surface area (Å²) in [5, 5.41) is 0. The Morgan fingerprint density at radius 2 is 1.85 bits per heavy atom. The van der Waals surface area contributed by atoms with E-state index in [1.165, 1.54) is 6.20 Å². The van der Waals surface area contributed by atoms with Crippen LogP contribution in [0.2, 0.25) is 0 Å². The zero-order valence-electron chi connectivity index (χ0n) is 9.98. The quantitative estimate of drug-likeness (QED) is 0.692. The second kappa shape index (κ2) is 5.13. The third kappa shape index (κ3) is 2.46. The van der Waals surface area contributed by atoms with Crippen LogP contribution in [0, 0.1) is 11.6 Å². The minimum absolute atomic E-state index is 0.192. The second-order valence-electron chi connectivity index (χ2n) is 4.01.